The number of carboxylic acid groups (broad SMARTS) is 1. The van der Waals surface area contributed by atoms with Crippen molar-refractivity contribution < 1.29 is 23.6 Å². The molecule has 1 aromatic heterocycles. The Hall–Kier alpha value is -2.77. The lowest BCUT2D eigenvalue weighted by atomic mass is 9.93. The van der Waals surface area contributed by atoms with Gasteiger partial charge in [0.05, 0.1) is 12.0 Å². The highest BCUT2D eigenvalue weighted by atomic mass is 19.1. The minimum Gasteiger partial charge on any atom is -0.481 e. The molecule has 1 aliphatic carbocycles. The van der Waals surface area contributed by atoms with Gasteiger partial charge in [-0.3, -0.25) is 9.59 Å². The van der Waals surface area contributed by atoms with Gasteiger partial charge in [0.2, 0.25) is 17.6 Å². The zero-order valence-electron chi connectivity index (χ0n) is 15.1. The number of rotatable bonds is 7. The summed E-state index contributed by atoms with van der Waals surface area (Å²) in [7, 11) is 0. The third-order valence-electron chi connectivity index (χ3n) is 4.91. The van der Waals surface area contributed by atoms with Gasteiger partial charge in [-0.1, -0.05) is 18.0 Å². The van der Waals surface area contributed by atoms with E-state index in [0.717, 1.165) is 12.8 Å². The molecule has 1 heterocycles. The monoisotopic (exact) mass is 375 g/mol. The first-order chi connectivity index (χ1) is 12.9. The minimum absolute atomic E-state index is 0.0621. The Morgan fingerprint density at radius 2 is 2.07 bits per heavy atom. The molecule has 7 nitrogen and oxygen atoms in total. The number of aryl methyl sites for hydroxylation is 2. The molecule has 1 saturated carbocycles. The Kier molecular flexibility index (Phi) is 5.53. The minimum atomic E-state index is -0.909. The highest BCUT2D eigenvalue weighted by molar-refractivity contribution is 5.78. The van der Waals surface area contributed by atoms with Crippen molar-refractivity contribution in [1.29, 1.82) is 0 Å². The molecule has 0 saturated heterocycles. The maximum Gasteiger partial charge on any atom is 0.305 e. The van der Waals surface area contributed by atoms with Crippen LogP contribution in [0.1, 0.15) is 50.0 Å². The quantitative estimate of drug-likeness (QED) is 0.771. The van der Waals surface area contributed by atoms with E-state index in [1.165, 1.54) is 6.07 Å². The van der Waals surface area contributed by atoms with Crippen molar-refractivity contribution >= 4 is 11.9 Å². The number of hydrogen-bond acceptors (Lipinski definition) is 5. The van der Waals surface area contributed by atoms with E-state index in [4.69, 9.17) is 9.63 Å². The van der Waals surface area contributed by atoms with Crippen LogP contribution >= 0.6 is 0 Å². The van der Waals surface area contributed by atoms with Gasteiger partial charge in [0.1, 0.15) is 5.82 Å². The number of nitrogens with zero attached hydrogens (tertiary/aromatic N) is 2. The zero-order chi connectivity index (χ0) is 19.4. The second kappa shape index (κ2) is 7.85. The highest BCUT2D eigenvalue weighted by Crippen LogP contribution is 2.32. The van der Waals surface area contributed by atoms with Crippen LogP contribution in [0.5, 0.6) is 0 Å². The maximum absolute atomic E-state index is 13.4. The van der Waals surface area contributed by atoms with Crippen LogP contribution in [-0.4, -0.2) is 32.7 Å². The molecule has 144 valence electrons. The van der Waals surface area contributed by atoms with Crippen LogP contribution in [0.25, 0.3) is 11.4 Å². The number of nitrogens with one attached hydrogen (secondary N) is 1. The van der Waals surface area contributed by atoms with E-state index < -0.39 is 11.5 Å². The lowest BCUT2D eigenvalue weighted by Crippen LogP contribution is -2.47. The Bertz CT molecular complexity index is 843. The molecule has 2 N–H and O–H groups in total. The van der Waals surface area contributed by atoms with E-state index in [2.05, 4.69) is 15.5 Å². The summed E-state index contributed by atoms with van der Waals surface area (Å²) in [6, 6.07) is 4.55. The molecule has 0 unspecified atom stereocenters. The Morgan fingerprint density at radius 3 is 2.74 bits per heavy atom. The van der Waals surface area contributed by atoms with E-state index in [1.54, 1.807) is 19.1 Å². The third kappa shape index (κ3) is 4.69. The molecule has 27 heavy (non-hydrogen) atoms. The lowest BCUT2D eigenvalue weighted by Gasteiger charge is -2.28. The Labute approximate surface area is 156 Å². The molecule has 3 rings (SSSR count). The Morgan fingerprint density at radius 1 is 1.33 bits per heavy atom. The van der Waals surface area contributed by atoms with Gasteiger partial charge in [-0.15, -0.1) is 0 Å². The van der Waals surface area contributed by atoms with Gasteiger partial charge in [0.15, 0.2) is 0 Å². The van der Waals surface area contributed by atoms with Crippen LogP contribution in [0.2, 0.25) is 0 Å². The van der Waals surface area contributed by atoms with Crippen molar-refractivity contribution in [1.82, 2.24) is 15.5 Å². The molecule has 2 aromatic rings. The number of aliphatic carboxylic acids is 1. The van der Waals surface area contributed by atoms with Crippen LogP contribution in [-0.2, 0) is 16.0 Å². The summed E-state index contributed by atoms with van der Waals surface area (Å²) in [6.07, 6.45) is 3.51. The van der Waals surface area contributed by atoms with E-state index in [1.807, 2.05) is 0 Å². The number of carboxylic acids is 1. The van der Waals surface area contributed by atoms with Crippen LogP contribution in [0, 0.1) is 12.7 Å². The van der Waals surface area contributed by atoms with Crippen molar-refractivity contribution in [3.05, 3.63) is 35.5 Å². The molecule has 0 radical (unpaired) electrons. The second-order valence-electron chi connectivity index (χ2n) is 7.08. The summed E-state index contributed by atoms with van der Waals surface area (Å²) < 4.78 is 18.5. The van der Waals surface area contributed by atoms with E-state index in [9.17, 15) is 14.0 Å². The van der Waals surface area contributed by atoms with Crippen molar-refractivity contribution in [3.63, 3.8) is 0 Å². The molecule has 1 fully saturated rings. The molecule has 1 aromatic carbocycles. The molecule has 1 amide bonds. The fourth-order valence-electron chi connectivity index (χ4n) is 3.52. The van der Waals surface area contributed by atoms with Crippen molar-refractivity contribution in [2.45, 2.75) is 57.4 Å². The van der Waals surface area contributed by atoms with Crippen molar-refractivity contribution in [2.24, 2.45) is 0 Å². The fourth-order valence-corrected chi connectivity index (χ4v) is 3.52. The summed E-state index contributed by atoms with van der Waals surface area (Å²) in [4.78, 5) is 27.6. The fraction of sp³-hybridized carbons (Fsp3) is 0.474. The summed E-state index contributed by atoms with van der Waals surface area (Å²) in [6.45, 7) is 1.65. The summed E-state index contributed by atoms with van der Waals surface area (Å²) in [5.41, 5.74) is 0.479. The standard InChI is InChI=1S/C19H22FN3O4/c1-12-10-13(4-5-14(12)20)18-21-16(27-23-18)7-6-15(24)22-19(11-17(25)26)8-2-3-9-19/h4-5,10H,2-3,6-9,11H2,1H3,(H,22,24)(H,25,26). The van der Waals surface area contributed by atoms with Gasteiger partial charge in [-0.05, 0) is 43.5 Å². The molecule has 0 atom stereocenters. The average Bonchev–Trinajstić information content (AvgIpc) is 3.25. The van der Waals surface area contributed by atoms with Gasteiger partial charge in [-0.2, -0.15) is 4.98 Å². The molecular weight excluding hydrogens is 353 g/mol. The predicted molar refractivity (Wildman–Crippen MR) is 94.3 cm³/mol. The predicted octanol–water partition coefficient (Wildman–Crippen LogP) is 3.02. The van der Waals surface area contributed by atoms with Crippen LogP contribution in [0.4, 0.5) is 4.39 Å². The number of hydrogen-bond donors (Lipinski definition) is 2. The molecule has 8 heteroatoms. The second-order valence-corrected chi connectivity index (χ2v) is 7.08. The average molecular weight is 375 g/mol. The number of halogens is 1. The van der Waals surface area contributed by atoms with Crippen LogP contribution < -0.4 is 5.32 Å². The summed E-state index contributed by atoms with van der Waals surface area (Å²) in [5, 5.41) is 15.9. The molecule has 0 spiro atoms. The Balaban J connectivity index is 1.58. The maximum atomic E-state index is 13.4. The number of benzene rings is 1. The van der Waals surface area contributed by atoms with Crippen LogP contribution in [0.15, 0.2) is 22.7 Å². The smallest absolute Gasteiger partial charge is 0.305 e. The number of carbonyl (C=O) groups is 2. The largest absolute Gasteiger partial charge is 0.481 e. The first-order valence-corrected chi connectivity index (χ1v) is 8.99. The molecule has 0 bridgehead atoms. The summed E-state index contributed by atoms with van der Waals surface area (Å²) in [5.74, 6) is -0.794. The topological polar surface area (TPSA) is 105 Å². The molecule has 1 aliphatic rings. The number of carbonyl (C=O) groups excluding carboxylic acids is 1. The van der Waals surface area contributed by atoms with Gasteiger partial charge in [-0.25, -0.2) is 4.39 Å². The zero-order valence-corrected chi connectivity index (χ0v) is 15.1. The van der Waals surface area contributed by atoms with E-state index >= 15 is 0 Å². The SMILES string of the molecule is Cc1cc(-c2noc(CCC(=O)NC3(CC(=O)O)CCCC3)n2)ccc1F. The number of aromatic nitrogens is 2. The first kappa shape index (κ1) is 19.0. The van der Waals surface area contributed by atoms with Gasteiger partial charge < -0.3 is 14.9 Å². The highest BCUT2D eigenvalue weighted by Gasteiger charge is 2.37. The van der Waals surface area contributed by atoms with Crippen molar-refractivity contribution in [2.75, 3.05) is 0 Å². The lowest BCUT2D eigenvalue weighted by molar-refractivity contribution is -0.139. The van der Waals surface area contributed by atoms with Gasteiger partial charge in [0.25, 0.3) is 0 Å². The molecule has 0 aliphatic heterocycles. The third-order valence-corrected chi connectivity index (χ3v) is 4.91. The van der Waals surface area contributed by atoms with Crippen molar-refractivity contribution in [3.8, 4) is 11.4 Å². The van der Waals surface area contributed by atoms with E-state index in [-0.39, 0.29) is 31.0 Å². The summed E-state index contributed by atoms with van der Waals surface area (Å²) >= 11 is 0. The van der Waals surface area contributed by atoms with Crippen LogP contribution in [0.3, 0.4) is 0 Å². The first-order valence-electron chi connectivity index (χ1n) is 8.99. The van der Waals surface area contributed by atoms with E-state index in [0.29, 0.717) is 35.7 Å². The molecular formula is C19H22FN3O4. The number of amides is 1. The normalized spacial score (nSPS) is 15.6. The van der Waals surface area contributed by atoms with Gasteiger partial charge in [0, 0.05) is 18.4 Å². The van der Waals surface area contributed by atoms with Gasteiger partial charge >= 0.3 is 5.97 Å².